The van der Waals surface area contributed by atoms with Gasteiger partial charge in [0, 0.05) is 17.0 Å². The Morgan fingerprint density at radius 2 is 1.55 bits per heavy atom. The van der Waals surface area contributed by atoms with Gasteiger partial charge in [0.15, 0.2) is 0 Å². The Morgan fingerprint density at radius 3 is 2.18 bits per heavy atom. The predicted molar refractivity (Wildman–Crippen MR) is 88.4 cm³/mol. The molecule has 3 rings (SSSR count). The monoisotopic (exact) mass is 329 g/mol. The highest BCUT2D eigenvalue weighted by atomic mass is 35.5. The first-order valence-electron chi connectivity index (χ1n) is 6.63. The number of nitrogens with zero attached hydrogens (tertiary/aromatic N) is 1. The Hall–Kier alpha value is -2.04. The van der Waals surface area contributed by atoms with Gasteiger partial charge in [-0.2, -0.15) is 0 Å². The Kier molecular flexibility index (Phi) is 4.05. The quantitative estimate of drug-likeness (QED) is 0.803. The van der Waals surface area contributed by atoms with Crippen molar-refractivity contribution in [2.75, 3.05) is 7.05 Å². The molecule has 0 aliphatic carbocycles. The maximum atomic E-state index is 12.4. The molecule has 0 atom stereocenters. The summed E-state index contributed by atoms with van der Waals surface area (Å²) in [5.74, 6) is -0.545. The van der Waals surface area contributed by atoms with Gasteiger partial charge in [-0.25, -0.2) is 0 Å². The zero-order valence-electron chi connectivity index (χ0n) is 11.7. The van der Waals surface area contributed by atoms with Gasteiger partial charge >= 0.3 is 0 Å². The van der Waals surface area contributed by atoms with Gasteiger partial charge in [0.2, 0.25) is 0 Å². The number of amides is 2. The van der Waals surface area contributed by atoms with E-state index in [0.29, 0.717) is 15.5 Å². The Bertz CT molecular complexity index is 769. The summed E-state index contributed by atoms with van der Waals surface area (Å²) in [6.07, 6.45) is 0. The highest BCUT2D eigenvalue weighted by Gasteiger charge is 2.36. The third-order valence-electron chi connectivity index (χ3n) is 3.34. The van der Waals surface area contributed by atoms with Crippen LogP contribution >= 0.6 is 23.4 Å². The van der Waals surface area contributed by atoms with Crippen LogP contribution in [-0.4, -0.2) is 23.8 Å². The molecule has 0 radical (unpaired) electrons. The molecule has 2 amide bonds. The summed E-state index contributed by atoms with van der Waals surface area (Å²) in [5.41, 5.74) is 1.20. The van der Waals surface area contributed by atoms with Gasteiger partial charge in [0.05, 0.1) is 10.5 Å². The molecule has 0 spiro atoms. The number of hydrogen-bond acceptors (Lipinski definition) is 3. The summed E-state index contributed by atoms with van der Waals surface area (Å²) >= 11 is 7.16. The van der Waals surface area contributed by atoms with Crippen molar-refractivity contribution >= 4 is 40.8 Å². The number of rotatable bonds is 3. The second-order valence-electron chi connectivity index (χ2n) is 4.80. The fraction of sp³-hybridized carbons (Fsp3) is 0.0588. The van der Waals surface area contributed by atoms with Gasteiger partial charge in [0.25, 0.3) is 11.8 Å². The lowest BCUT2D eigenvalue weighted by Crippen LogP contribution is -2.26. The lowest BCUT2D eigenvalue weighted by atomic mass is 10.1. The van der Waals surface area contributed by atoms with Crippen molar-refractivity contribution in [3.8, 4) is 0 Å². The third kappa shape index (κ3) is 2.67. The molecule has 0 aromatic heterocycles. The van der Waals surface area contributed by atoms with E-state index in [1.54, 1.807) is 12.1 Å². The van der Waals surface area contributed by atoms with Crippen molar-refractivity contribution in [2.45, 2.75) is 4.90 Å². The first-order chi connectivity index (χ1) is 10.6. The molecule has 1 heterocycles. The summed E-state index contributed by atoms with van der Waals surface area (Å²) in [7, 11) is 1.50. The molecular formula is C17H12ClNO2S. The molecule has 2 aromatic rings. The Balaban J connectivity index is 2.06. The van der Waals surface area contributed by atoms with E-state index in [9.17, 15) is 9.59 Å². The molecular weight excluding hydrogens is 318 g/mol. The summed E-state index contributed by atoms with van der Waals surface area (Å²) in [4.78, 5) is 27.2. The number of carbonyl (C=O) groups excluding carboxylic acids is 2. The standard InChI is InChI=1S/C17H12ClNO2S/c1-19-16(20)14(11-5-3-2-4-6-11)15(17(19)21)22-13-9-7-12(18)8-10-13/h2-10H,1H3. The van der Waals surface area contributed by atoms with E-state index >= 15 is 0 Å². The van der Waals surface area contributed by atoms with E-state index in [0.717, 1.165) is 15.4 Å². The molecule has 2 aromatic carbocycles. The minimum Gasteiger partial charge on any atom is -0.277 e. The van der Waals surface area contributed by atoms with Crippen LogP contribution in [0.2, 0.25) is 5.02 Å². The van der Waals surface area contributed by atoms with Crippen LogP contribution in [0.3, 0.4) is 0 Å². The van der Waals surface area contributed by atoms with Crippen LogP contribution in [0.5, 0.6) is 0 Å². The lowest BCUT2D eigenvalue weighted by Gasteiger charge is -2.06. The molecule has 0 bridgehead atoms. The minimum absolute atomic E-state index is 0.271. The first-order valence-corrected chi connectivity index (χ1v) is 7.83. The van der Waals surface area contributed by atoms with E-state index < -0.39 is 0 Å². The van der Waals surface area contributed by atoms with Gasteiger partial charge < -0.3 is 0 Å². The third-order valence-corrected chi connectivity index (χ3v) is 4.68. The molecule has 3 nitrogen and oxygen atoms in total. The molecule has 110 valence electrons. The summed E-state index contributed by atoms with van der Waals surface area (Å²) < 4.78 is 0. The van der Waals surface area contributed by atoms with Crippen LogP contribution in [0.4, 0.5) is 0 Å². The number of imide groups is 1. The zero-order valence-corrected chi connectivity index (χ0v) is 13.3. The second-order valence-corrected chi connectivity index (χ2v) is 6.32. The maximum Gasteiger partial charge on any atom is 0.268 e. The fourth-order valence-corrected chi connectivity index (χ4v) is 3.36. The smallest absolute Gasteiger partial charge is 0.268 e. The number of likely N-dealkylation sites (N-methyl/N-ethyl adjacent to an activating group) is 1. The zero-order chi connectivity index (χ0) is 15.7. The summed E-state index contributed by atoms with van der Waals surface area (Å²) in [6.45, 7) is 0. The average Bonchev–Trinajstić information content (AvgIpc) is 2.75. The normalized spacial score (nSPS) is 14.9. The Morgan fingerprint density at radius 1 is 0.909 bits per heavy atom. The minimum atomic E-state index is -0.274. The highest BCUT2D eigenvalue weighted by molar-refractivity contribution is 8.04. The lowest BCUT2D eigenvalue weighted by molar-refractivity contribution is -0.134. The average molecular weight is 330 g/mol. The molecule has 1 aliphatic rings. The largest absolute Gasteiger partial charge is 0.277 e. The van der Waals surface area contributed by atoms with Crippen molar-refractivity contribution < 1.29 is 9.59 Å². The fourth-order valence-electron chi connectivity index (χ4n) is 2.19. The van der Waals surface area contributed by atoms with E-state index in [2.05, 4.69) is 0 Å². The van der Waals surface area contributed by atoms with Gasteiger partial charge in [0.1, 0.15) is 0 Å². The number of hydrogen-bond donors (Lipinski definition) is 0. The van der Waals surface area contributed by atoms with Gasteiger partial charge in [-0.3, -0.25) is 14.5 Å². The van der Waals surface area contributed by atoms with Crippen LogP contribution in [0.15, 0.2) is 64.4 Å². The highest BCUT2D eigenvalue weighted by Crippen LogP contribution is 2.39. The van der Waals surface area contributed by atoms with Crippen LogP contribution in [0, 0.1) is 0 Å². The molecule has 0 fully saturated rings. The SMILES string of the molecule is CN1C(=O)C(Sc2ccc(Cl)cc2)=C(c2ccccc2)C1=O. The van der Waals surface area contributed by atoms with E-state index in [1.807, 2.05) is 42.5 Å². The van der Waals surface area contributed by atoms with Gasteiger partial charge in [-0.1, -0.05) is 53.7 Å². The molecule has 0 unspecified atom stereocenters. The molecule has 0 N–H and O–H groups in total. The number of benzene rings is 2. The van der Waals surface area contributed by atoms with Gasteiger partial charge in [-0.05, 0) is 29.8 Å². The van der Waals surface area contributed by atoms with Gasteiger partial charge in [-0.15, -0.1) is 0 Å². The molecule has 0 saturated carbocycles. The maximum absolute atomic E-state index is 12.4. The van der Waals surface area contributed by atoms with Crippen molar-refractivity contribution in [3.05, 3.63) is 70.1 Å². The predicted octanol–water partition coefficient (Wildman–Crippen LogP) is 3.84. The van der Waals surface area contributed by atoms with Crippen LogP contribution in [-0.2, 0) is 9.59 Å². The van der Waals surface area contributed by atoms with E-state index in [1.165, 1.54) is 18.8 Å². The van der Waals surface area contributed by atoms with Crippen LogP contribution in [0.1, 0.15) is 5.56 Å². The summed E-state index contributed by atoms with van der Waals surface area (Å²) in [5, 5.41) is 0.632. The number of carbonyl (C=O) groups is 2. The number of thioether (sulfide) groups is 1. The molecule has 1 aliphatic heterocycles. The van der Waals surface area contributed by atoms with Crippen molar-refractivity contribution in [3.63, 3.8) is 0 Å². The topological polar surface area (TPSA) is 37.4 Å². The van der Waals surface area contributed by atoms with Crippen LogP contribution < -0.4 is 0 Å². The molecule has 5 heteroatoms. The number of halogens is 1. The Labute approximate surface area is 137 Å². The van der Waals surface area contributed by atoms with Crippen molar-refractivity contribution in [1.82, 2.24) is 4.90 Å². The van der Waals surface area contributed by atoms with E-state index in [-0.39, 0.29) is 11.8 Å². The van der Waals surface area contributed by atoms with Crippen molar-refractivity contribution in [2.24, 2.45) is 0 Å². The first kappa shape index (κ1) is 14.9. The van der Waals surface area contributed by atoms with Crippen molar-refractivity contribution in [1.29, 1.82) is 0 Å². The molecule has 0 saturated heterocycles. The summed E-state index contributed by atoms with van der Waals surface area (Å²) in [6, 6.07) is 16.4. The van der Waals surface area contributed by atoms with E-state index in [4.69, 9.17) is 11.6 Å². The van der Waals surface area contributed by atoms with Crippen LogP contribution in [0.25, 0.3) is 5.57 Å². The molecule has 22 heavy (non-hydrogen) atoms. The second kappa shape index (κ2) is 5.99.